The number of amides is 1. The number of carbonyl (C=O) groups is 2. The Morgan fingerprint density at radius 2 is 1.77 bits per heavy atom. The molecule has 0 aliphatic carbocycles. The summed E-state index contributed by atoms with van der Waals surface area (Å²) < 4.78 is 14.3. The van der Waals surface area contributed by atoms with E-state index < -0.39 is 29.1 Å². The third kappa shape index (κ3) is 5.14. The van der Waals surface area contributed by atoms with Crippen molar-refractivity contribution < 1.29 is 14.0 Å². The van der Waals surface area contributed by atoms with E-state index in [0.29, 0.717) is 16.5 Å². The van der Waals surface area contributed by atoms with Crippen LogP contribution in [0.4, 0.5) is 4.39 Å². The first-order chi connectivity index (χ1) is 14.4. The number of carbonyl (C=O) groups excluding carboxylic acids is 2. The fourth-order valence-electron chi connectivity index (χ4n) is 2.94. The molecule has 1 heterocycles. The minimum atomic E-state index is -1.43. The zero-order chi connectivity index (χ0) is 21.7. The van der Waals surface area contributed by atoms with E-state index in [9.17, 15) is 18.8 Å². The van der Waals surface area contributed by atoms with E-state index in [2.05, 4.69) is 5.32 Å². The molecule has 5 nitrogen and oxygen atoms in total. The molecule has 0 bridgehead atoms. The Hall–Kier alpha value is -2.96. The summed E-state index contributed by atoms with van der Waals surface area (Å²) in [6.45, 7) is 0.189. The Labute approximate surface area is 182 Å². The van der Waals surface area contributed by atoms with Crippen LogP contribution in [0, 0.1) is 5.82 Å². The van der Waals surface area contributed by atoms with Gasteiger partial charge in [0.15, 0.2) is 11.8 Å². The van der Waals surface area contributed by atoms with Gasteiger partial charge >= 0.3 is 0 Å². The second-order valence-corrected chi connectivity index (χ2v) is 7.34. The summed E-state index contributed by atoms with van der Waals surface area (Å²) in [6, 6.07) is 12.7. The second kappa shape index (κ2) is 9.69. The van der Waals surface area contributed by atoms with E-state index >= 15 is 0 Å². The van der Waals surface area contributed by atoms with Gasteiger partial charge in [-0.3, -0.25) is 19.0 Å². The summed E-state index contributed by atoms with van der Waals surface area (Å²) in [6.07, 6.45) is 1.77. The van der Waals surface area contributed by atoms with Crippen molar-refractivity contribution >= 4 is 34.9 Å². The first-order valence-electron chi connectivity index (χ1n) is 9.05. The molecule has 0 spiro atoms. The van der Waals surface area contributed by atoms with Crippen molar-refractivity contribution in [3.05, 3.63) is 104 Å². The molecule has 0 aliphatic rings. The molecule has 0 radical (unpaired) electrons. The molecule has 2 aromatic carbocycles. The predicted octanol–water partition coefficient (Wildman–Crippen LogP) is 4.08. The van der Waals surface area contributed by atoms with Gasteiger partial charge in [-0.15, -0.1) is 0 Å². The number of benzene rings is 2. The van der Waals surface area contributed by atoms with E-state index in [1.54, 1.807) is 24.3 Å². The van der Waals surface area contributed by atoms with Crippen molar-refractivity contribution in [2.75, 3.05) is 6.54 Å². The monoisotopic (exact) mass is 446 g/mol. The molecule has 0 saturated heterocycles. The number of aromatic nitrogens is 1. The number of pyridine rings is 1. The molecule has 3 aromatic rings. The average Bonchev–Trinajstić information content (AvgIpc) is 2.71. The lowest BCUT2D eigenvalue weighted by atomic mass is 10.0. The third-order valence-electron chi connectivity index (χ3n) is 4.46. The van der Waals surface area contributed by atoms with Crippen LogP contribution in [0.2, 0.25) is 10.0 Å². The van der Waals surface area contributed by atoms with Crippen LogP contribution >= 0.6 is 23.2 Å². The number of halogens is 3. The molecule has 0 aliphatic heterocycles. The van der Waals surface area contributed by atoms with Gasteiger partial charge in [-0.2, -0.15) is 0 Å². The number of rotatable bonds is 7. The van der Waals surface area contributed by atoms with Gasteiger partial charge in [-0.25, -0.2) is 4.39 Å². The maximum absolute atomic E-state index is 13.2. The van der Waals surface area contributed by atoms with Crippen molar-refractivity contribution in [1.82, 2.24) is 9.88 Å². The molecule has 1 aromatic heterocycles. The lowest BCUT2D eigenvalue weighted by Gasteiger charge is -2.18. The van der Waals surface area contributed by atoms with Crippen LogP contribution in [0.3, 0.4) is 0 Å². The Balaban J connectivity index is 1.81. The summed E-state index contributed by atoms with van der Waals surface area (Å²) in [4.78, 5) is 38.2. The molecule has 1 amide bonds. The van der Waals surface area contributed by atoms with Gasteiger partial charge in [0.1, 0.15) is 5.82 Å². The van der Waals surface area contributed by atoms with Gasteiger partial charge in [0, 0.05) is 34.4 Å². The first-order valence-corrected chi connectivity index (χ1v) is 9.81. The molecule has 3 rings (SSSR count). The van der Waals surface area contributed by atoms with Crippen LogP contribution < -0.4 is 10.9 Å². The van der Waals surface area contributed by atoms with Gasteiger partial charge in [0.05, 0.1) is 0 Å². The summed E-state index contributed by atoms with van der Waals surface area (Å²) >= 11 is 12.0. The van der Waals surface area contributed by atoms with Gasteiger partial charge < -0.3 is 5.32 Å². The minimum absolute atomic E-state index is 0.119. The largest absolute Gasteiger partial charge is 0.354 e. The number of hydrogen-bond donors (Lipinski definition) is 1. The fraction of sp³-hybridized carbons (Fsp3) is 0.136. The van der Waals surface area contributed by atoms with Crippen LogP contribution in [-0.4, -0.2) is 22.8 Å². The number of Topliss-reactive ketones (excluding diaryl/α,β-unsaturated/α-hetero) is 1. The van der Waals surface area contributed by atoms with Crippen molar-refractivity contribution in [2.24, 2.45) is 0 Å². The molecule has 30 heavy (non-hydrogen) atoms. The fourth-order valence-corrected chi connectivity index (χ4v) is 3.44. The zero-order valence-corrected chi connectivity index (χ0v) is 17.2. The SMILES string of the molecule is O=C(NCCc1ccc(Cl)cc1Cl)C(C(=O)c1ccc(F)cc1)n1ccccc1=O. The molecule has 154 valence electrons. The molecule has 8 heteroatoms. The molecule has 1 unspecified atom stereocenters. The minimum Gasteiger partial charge on any atom is -0.354 e. The number of nitrogens with one attached hydrogen (secondary N) is 1. The average molecular weight is 447 g/mol. The highest BCUT2D eigenvalue weighted by Crippen LogP contribution is 2.21. The van der Waals surface area contributed by atoms with E-state index in [-0.39, 0.29) is 12.1 Å². The Kier molecular flexibility index (Phi) is 7.03. The summed E-state index contributed by atoms with van der Waals surface area (Å²) in [5.41, 5.74) is 0.390. The molecule has 0 fully saturated rings. The highest BCUT2D eigenvalue weighted by atomic mass is 35.5. The van der Waals surface area contributed by atoms with Crippen LogP contribution in [0.15, 0.2) is 71.7 Å². The maximum atomic E-state index is 13.2. The van der Waals surface area contributed by atoms with Crippen LogP contribution in [0.25, 0.3) is 0 Å². The maximum Gasteiger partial charge on any atom is 0.251 e. The highest BCUT2D eigenvalue weighted by molar-refractivity contribution is 6.35. The number of ketones is 1. The van der Waals surface area contributed by atoms with E-state index in [4.69, 9.17) is 23.2 Å². The standard InChI is InChI=1S/C22H17Cl2FN2O3/c23-16-7-4-14(18(24)13-16)10-11-26-22(30)20(27-12-2-1-3-19(27)28)21(29)15-5-8-17(25)9-6-15/h1-9,12-13,20H,10-11H2,(H,26,30). The van der Waals surface area contributed by atoms with Gasteiger partial charge in [-0.05, 0) is 54.4 Å². The van der Waals surface area contributed by atoms with Crippen LogP contribution in [-0.2, 0) is 11.2 Å². The predicted molar refractivity (Wildman–Crippen MR) is 114 cm³/mol. The lowest BCUT2D eigenvalue weighted by Crippen LogP contribution is -2.41. The van der Waals surface area contributed by atoms with Crippen LogP contribution in [0.5, 0.6) is 0 Å². The molecular formula is C22H17Cl2FN2O3. The zero-order valence-electron chi connectivity index (χ0n) is 15.6. The summed E-state index contributed by atoms with van der Waals surface area (Å²) in [5.74, 6) is -1.78. The summed E-state index contributed by atoms with van der Waals surface area (Å²) in [7, 11) is 0. The molecule has 0 saturated carbocycles. The number of hydrogen-bond acceptors (Lipinski definition) is 3. The molecular weight excluding hydrogens is 430 g/mol. The molecule has 1 N–H and O–H groups in total. The third-order valence-corrected chi connectivity index (χ3v) is 5.05. The van der Waals surface area contributed by atoms with Gasteiger partial charge in [-0.1, -0.05) is 35.3 Å². The lowest BCUT2D eigenvalue weighted by molar-refractivity contribution is -0.123. The quantitative estimate of drug-likeness (QED) is 0.439. The van der Waals surface area contributed by atoms with Crippen molar-refractivity contribution in [2.45, 2.75) is 12.5 Å². The smallest absolute Gasteiger partial charge is 0.251 e. The van der Waals surface area contributed by atoms with E-state index in [1.165, 1.54) is 30.5 Å². The van der Waals surface area contributed by atoms with Crippen LogP contribution in [0.1, 0.15) is 22.0 Å². The normalized spacial score (nSPS) is 11.7. The topological polar surface area (TPSA) is 68.2 Å². The van der Waals surface area contributed by atoms with Crippen molar-refractivity contribution in [3.63, 3.8) is 0 Å². The second-order valence-electron chi connectivity index (χ2n) is 6.50. The van der Waals surface area contributed by atoms with E-state index in [1.807, 2.05) is 0 Å². The Morgan fingerprint density at radius 1 is 1.03 bits per heavy atom. The van der Waals surface area contributed by atoms with Crippen molar-refractivity contribution in [1.29, 1.82) is 0 Å². The highest BCUT2D eigenvalue weighted by Gasteiger charge is 2.29. The summed E-state index contributed by atoms with van der Waals surface area (Å²) in [5, 5.41) is 3.64. The molecule has 1 atom stereocenters. The Morgan fingerprint density at radius 3 is 2.43 bits per heavy atom. The number of nitrogens with zero attached hydrogens (tertiary/aromatic N) is 1. The Bertz CT molecular complexity index is 1130. The van der Waals surface area contributed by atoms with Crippen molar-refractivity contribution in [3.8, 4) is 0 Å². The van der Waals surface area contributed by atoms with E-state index in [0.717, 1.165) is 22.3 Å². The van der Waals surface area contributed by atoms with Gasteiger partial charge in [0.25, 0.3) is 11.5 Å². The van der Waals surface area contributed by atoms with Gasteiger partial charge in [0.2, 0.25) is 0 Å². The first kappa shape index (κ1) is 21.7.